The quantitative estimate of drug-likeness (QED) is 0.501. The molecule has 0 aliphatic carbocycles. The van der Waals surface area contributed by atoms with E-state index in [0.717, 1.165) is 21.7 Å². The predicted octanol–water partition coefficient (Wildman–Crippen LogP) is 2.89. The summed E-state index contributed by atoms with van der Waals surface area (Å²) in [5, 5.41) is 9.19. The minimum atomic E-state index is -0.179. The molecule has 1 aromatic carbocycles. The molecule has 0 radical (unpaired) electrons. The molecule has 28 heavy (non-hydrogen) atoms. The van der Waals surface area contributed by atoms with Crippen molar-refractivity contribution in [3.05, 3.63) is 54.1 Å². The number of ether oxygens (including phenoxy) is 1. The summed E-state index contributed by atoms with van der Waals surface area (Å²) >= 11 is 1.46. The van der Waals surface area contributed by atoms with Gasteiger partial charge in [-0.15, -0.1) is 0 Å². The first-order chi connectivity index (χ1) is 13.5. The topological polar surface area (TPSA) is 78.1 Å². The van der Waals surface area contributed by atoms with E-state index in [2.05, 4.69) is 15.2 Å². The van der Waals surface area contributed by atoms with Gasteiger partial charge in [0.05, 0.1) is 23.9 Å². The van der Waals surface area contributed by atoms with E-state index < -0.39 is 0 Å². The summed E-state index contributed by atoms with van der Waals surface area (Å²) in [6, 6.07) is 9.34. The van der Waals surface area contributed by atoms with Crippen molar-refractivity contribution in [3.8, 4) is 5.75 Å². The van der Waals surface area contributed by atoms with Crippen LogP contribution in [0, 0.1) is 6.92 Å². The Kier molecular flexibility index (Phi) is 4.82. The van der Waals surface area contributed by atoms with Gasteiger partial charge in [-0.1, -0.05) is 11.3 Å². The first-order valence-corrected chi connectivity index (χ1v) is 9.61. The second-order valence-electron chi connectivity index (χ2n) is 6.35. The van der Waals surface area contributed by atoms with Crippen molar-refractivity contribution in [1.82, 2.24) is 24.5 Å². The Labute approximate surface area is 166 Å². The molecule has 0 N–H and O–H groups in total. The summed E-state index contributed by atoms with van der Waals surface area (Å²) < 4.78 is 9.75. The molecule has 4 rings (SSSR count). The van der Waals surface area contributed by atoms with Crippen LogP contribution < -0.4 is 9.64 Å². The molecule has 0 saturated carbocycles. The van der Waals surface area contributed by atoms with E-state index in [-0.39, 0.29) is 5.91 Å². The van der Waals surface area contributed by atoms with Gasteiger partial charge in [-0.2, -0.15) is 10.2 Å². The van der Waals surface area contributed by atoms with Crippen molar-refractivity contribution in [2.45, 2.75) is 13.5 Å². The lowest BCUT2D eigenvalue weighted by atomic mass is 10.3. The molecule has 3 aromatic heterocycles. The largest absolute Gasteiger partial charge is 0.497 e. The average molecular weight is 396 g/mol. The second-order valence-corrected chi connectivity index (χ2v) is 7.36. The standard InChI is InChI=1S/C19H20N6O2S/c1-13-11-16(22-23(13)2)18(26)25(10-9-24-8-4-7-20-24)19-21-15-6-5-14(27-3)12-17(15)28-19/h4-8,11-12H,9-10H2,1-3H3. The third-order valence-corrected chi connectivity index (χ3v) is 5.55. The van der Waals surface area contributed by atoms with Crippen LogP contribution in [-0.4, -0.2) is 44.1 Å². The molecule has 9 heteroatoms. The smallest absolute Gasteiger partial charge is 0.280 e. The molecule has 4 aromatic rings. The minimum Gasteiger partial charge on any atom is -0.497 e. The number of aryl methyl sites for hydroxylation is 2. The molecular weight excluding hydrogens is 376 g/mol. The van der Waals surface area contributed by atoms with Crippen LogP contribution >= 0.6 is 11.3 Å². The fourth-order valence-electron chi connectivity index (χ4n) is 2.86. The van der Waals surface area contributed by atoms with Crippen LogP contribution in [0.5, 0.6) is 5.75 Å². The number of anilines is 1. The maximum atomic E-state index is 13.2. The number of benzene rings is 1. The van der Waals surface area contributed by atoms with Crippen LogP contribution in [0.4, 0.5) is 5.13 Å². The summed E-state index contributed by atoms with van der Waals surface area (Å²) in [7, 11) is 3.45. The zero-order valence-corrected chi connectivity index (χ0v) is 16.7. The highest BCUT2D eigenvalue weighted by atomic mass is 32.1. The van der Waals surface area contributed by atoms with Crippen molar-refractivity contribution in [2.75, 3.05) is 18.6 Å². The van der Waals surface area contributed by atoms with Gasteiger partial charge in [0, 0.05) is 31.7 Å². The highest BCUT2D eigenvalue weighted by molar-refractivity contribution is 7.22. The van der Waals surface area contributed by atoms with Gasteiger partial charge >= 0.3 is 0 Å². The number of rotatable bonds is 6. The molecule has 0 bridgehead atoms. The number of carbonyl (C=O) groups excluding carboxylic acids is 1. The number of hydrogen-bond donors (Lipinski definition) is 0. The van der Waals surface area contributed by atoms with Gasteiger partial charge in [-0.05, 0) is 37.3 Å². The van der Waals surface area contributed by atoms with E-state index in [1.54, 1.807) is 33.6 Å². The lowest BCUT2D eigenvalue weighted by molar-refractivity contribution is 0.0980. The summed E-state index contributed by atoms with van der Waals surface area (Å²) in [5.41, 5.74) is 2.15. The van der Waals surface area contributed by atoms with Gasteiger partial charge < -0.3 is 4.74 Å². The molecule has 0 aliphatic rings. The highest BCUT2D eigenvalue weighted by Gasteiger charge is 2.24. The van der Waals surface area contributed by atoms with Gasteiger partial charge in [0.15, 0.2) is 10.8 Å². The van der Waals surface area contributed by atoms with Crippen molar-refractivity contribution in [1.29, 1.82) is 0 Å². The van der Waals surface area contributed by atoms with Crippen LogP contribution in [0.2, 0.25) is 0 Å². The zero-order chi connectivity index (χ0) is 19.7. The first kappa shape index (κ1) is 18.2. The van der Waals surface area contributed by atoms with E-state index in [0.29, 0.717) is 23.9 Å². The summed E-state index contributed by atoms with van der Waals surface area (Å²) in [4.78, 5) is 19.6. The first-order valence-electron chi connectivity index (χ1n) is 8.79. The average Bonchev–Trinajstić information content (AvgIpc) is 3.42. The Morgan fingerprint density at radius 3 is 2.86 bits per heavy atom. The molecule has 1 amide bonds. The number of methoxy groups -OCH3 is 1. The molecule has 0 atom stereocenters. The van der Waals surface area contributed by atoms with Crippen molar-refractivity contribution < 1.29 is 9.53 Å². The minimum absolute atomic E-state index is 0.179. The molecular formula is C19H20N6O2S. The predicted molar refractivity (Wildman–Crippen MR) is 108 cm³/mol. The fourth-order valence-corrected chi connectivity index (χ4v) is 3.88. The SMILES string of the molecule is COc1ccc2nc(N(CCn3cccn3)C(=O)c3cc(C)n(C)n3)sc2c1. The summed E-state index contributed by atoms with van der Waals surface area (Å²) in [6.45, 7) is 2.92. The van der Waals surface area contributed by atoms with Gasteiger partial charge in [-0.25, -0.2) is 4.98 Å². The Bertz CT molecular complexity index is 1100. The molecule has 144 valence electrons. The molecule has 3 heterocycles. The van der Waals surface area contributed by atoms with Crippen LogP contribution in [-0.2, 0) is 13.6 Å². The number of thiazole rings is 1. The Morgan fingerprint density at radius 1 is 1.32 bits per heavy atom. The third-order valence-electron chi connectivity index (χ3n) is 4.51. The number of amides is 1. The number of aromatic nitrogens is 5. The molecule has 0 fully saturated rings. The van der Waals surface area contributed by atoms with E-state index in [1.807, 2.05) is 44.4 Å². The van der Waals surface area contributed by atoms with E-state index in [9.17, 15) is 4.79 Å². The molecule has 0 aliphatic heterocycles. The van der Waals surface area contributed by atoms with Crippen molar-refractivity contribution in [2.24, 2.45) is 7.05 Å². The van der Waals surface area contributed by atoms with E-state index in [1.165, 1.54) is 11.3 Å². The Morgan fingerprint density at radius 2 is 2.18 bits per heavy atom. The fraction of sp³-hybridized carbons (Fsp3) is 0.263. The van der Waals surface area contributed by atoms with Crippen molar-refractivity contribution in [3.63, 3.8) is 0 Å². The Hall–Kier alpha value is -3.20. The van der Waals surface area contributed by atoms with E-state index >= 15 is 0 Å². The van der Waals surface area contributed by atoms with Crippen LogP contribution in [0.15, 0.2) is 42.7 Å². The van der Waals surface area contributed by atoms with Gasteiger partial charge in [-0.3, -0.25) is 19.1 Å². The van der Waals surface area contributed by atoms with Crippen molar-refractivity contribution >= 4 is 32.6 Å². The second kappa shape index (κ2) is 7.43. The molecule has 0 saturated heterocycles. The van der Waals surface area contributed by atoms with Crippen LogP contribution in [0.3, 0.4) is 0 Å². The zero-order valence-electron chi connectivity index (χ0n) is 15.9. The maximum absolute atomic E-state index is 13.2. The van der Waals surface area contributed by atoms with Gasteiger partial charge in [0.1, 0.15) is 5.75 Å². The van der Waals surface area contributed by atoms with Gasteiger partial charge in [0.2, 0.25) is 0 Å². The third kappa shape index (κ3) is 3.48. The van der Waals surface area contributed by atoms with Crippen LogP contribution in [0.1, 0.15) is 16.2 Å². The summed E-state index contributed by atoms with van der Waals surface area (Å²) in [6.07, 6.45) is 3.59. The van der Waals surface area contributed by atoms with Gasteiger partial charge in [0.25, 0.3) is 5.91 Å². The molecule has 0 spiro atoms. The number of hydrogen-bond acceptors (Lipinski definition) is 6. The number of fused-ring (bicyclic) bond motifs is 1. The monoisotopic (exact) mass is 396 g/mol. The van der Waals surface area contributed by atoms with Crippen LogP contribution in [0.25, 0.3) is 10.2 Å². The maximum Gasteiger partial charge on any atom is 0.280 e. The summed E-state index contributed by atoms with van der Waals surface area (Å²) in [5.74, 6) is 0.583. The normalized spacial score (nSPS) is 11.1. The Balaban J connectivity index is 1.70. The molecule has 8 nitrogen and oxygen atoms in total. The number of carbonyl (C=O) groups is 1. The highest BCUT2D eigenvalue weighted by Crippen LogP contribution is 2.32. The lowest BCUT2D eigenvalue weighted by Crippen LogP contribution is -2.34. The number of nitrogens with zero attached hydrogens (tertiary/aromatic N) is 6. The van der Waals surface area contributed by atoms with E-state index in [4.69, 9.17) is 4.74 Å². The lowest BCUT2D eigenvalue weighted by Gasteiger charge is -2.18. The molecule has 0 unspecified atom stereocenters.